The largest absolute Gasteiger partial charge is 0.508 e. The van der Waals surface area contributed by atoms with Gasteiger partial charge in [-0.05, 0) is 32.4 Å². The van der Waals surface area contributed by atoms with Crippen molar-refractivity contribution < 1.29 is 29.2 Å². The van der Waals surface area contributed by atoms with Crippen molar-refractivity contribution in [1.29, 1.82) is 0 Å². The van der Waals surface area contributed by atoms with Gasteiger partial charge in [0.15, 0.2) is 5.82 Å². The molecule has 1 fully saturated rings. The molecule has 27 heavy (non-hydrogen) atoms. The number of rotatable bonds is 5. The molecule has 0 saturated carbocycles. The van der Waals surface area contributed by atoms with Gasteiger partial charge in [-0.3, -0.25) is 0 Å². The Labute approximate surface area is 155 Å². The van der Waals surface area contributed by atoms with Crippen LogP contribution in [0.15, 0.2) is 18.5 Å². The van der Waals surface area contributed by atoms with Gasteiger partial charge >= 0.3 is 6.16 Å². The van der Waals surface area contributed by atoms with Crippen LogP contribution in [-0.4, -0.2) is 61.5 Å². The Morgan fingerprint density at radius 3 is 2.93 bits per heavy atom. The van der Waals surface area contributed by atoms with Crippen LogP contribution >= 0.6 is 0 Å². The lowest BCUT2D eigenvalue weighted by Gasteiger charge is -2.27. The van der Waals surface area contributed by atoms with E-state index >= 15 is 0 Å². The molecule has 0 spiro atoms. The summed E-state index contributed by atoms with van der Waals surface area (Å²) in [6.45, 7) is 4.89. The number of fused-ring (bicyclic) bond motifs is 1. The van der Waals surface area contributed by atoms with Crippen molar-refractivity contribution in [2.45, 2.75) is 57.2 Å². The summed E-state index contributed by atoms with van der Waals surface area (Å²) in [5, 5.41) is 25.1. The summed E-state index contributed by atoms with van der Waals surface area (Å²) >= 11 is 0. The highest BCUT2D eigenvalue weighted by Gasteiger charge is 2.53. The fourth-order valence-electron chi connectivity index (χ4n) is 2.98. The smallest absolute Gasteiger partial charge is 0.431 e. The Morgan fingerprint density at radius 1 is 1.48 bits per heavy atom. The number of hydrogen-bond acceptors (Lipinski definition) is 9. The van der Waals surface area contributed by atoms with Crippen molar-refractivity contribution in [3.05, 3.63) is 24.2 Å². The second kappa shape index (κ2) is 7.29. The van der Waals surface area contributed by atoms with Gasteiger partial charge in [-0.1, -0.05) is 6.92 Å². The van der Waals surface area contributed by atoms with Crippen LogP contribution in [0.4, 0.5) is 10.6 Å². The predicted octanol–water partition coefficient (Wildman–Crippen LogP) is 0.815. The molecule has 3 rings (SSSR count). The molecule has 10 nitrogen and oxygen atoms in total. The lowest BCUT2D eigenvalue weighted by Crippen LogP contribution is -2.45. The van der Waals surface area contributed by atoms with E-state index in [4.69, 9.17) is 19.9 Å². The van der Waals surface area contributed by atoms with Gasteiger partial charge in [-0.2, -0.15) is 5.10 Å². The molecule has 2 aromatic heterocycles. The number of aromatic nitrogens is 3. The summed E-state index contributed by atoms with van der Waals surface area (Å²) in [5.41, 5.74) is 5.55. The van der Waals surface area contributed by atoms with E-state index in [-0.39, 0.29) is 18.5 Å². The van der Waals surface area contributed by atoms with Gasteiger partial charge in [0, 0.05) is 0 Å². The molecule has 1 aliphatic heterocycles. The predicted molar refractivity (Wildman–Crippen MR) is 93.8 cm³/mol. The van der Waals surface area contributed by atoms with Crippen molar-refractivity contribution in [2.75, 3.05) is 12.3 Å². The minimum atomic E-state index is -1.32. The number of hydrogen-bond donors (Lipinski definition) is 3. The van der Waals surface area contributed by atoms with Gasteiger partial charge < -0.3 is 30.2 Å². The molecule has 148 valence electrons. The molecule has 2 aromatic rings. The van der Waals surface area contributed by atoms with E-state index in [0.29, 0.717) is 17.6 Å². The topological polar surface area (TPSA) is 141 Å². The van der Waals surface area contributed by atoms with E-state index in [1.807, 2.05) is 6.92 Å². The number of carbonyl (C=O) groups excluding carboxylic acids is 1. The molecule has 5 atom stereocenters. The lowest BCUT2D eigenvalue weighted by molar-refractivity contribution is -0.111. The van der Waals surface area contributed by atoms with Crippen LogP contribution in [0.1, 0.15) is 39.0 Å². The van der Waals surface area contributed by atoms with E-state index in [2.05, 4.69) is 10.1 Å². The molecule has 10 heteroatoms. The molecule has 0 unspecified atom stereocenters. The lowest BCUT2D eigenvalue weighted by atomic mass is 9.97. The molecule has 1 aliphatic rings. The van der Waals surface area contributed by atoms with Crippen molar-refractivity contribution in [1.82, 2.24) is 14.6 Å². The van der Waals surface area contributed by atoms with Gasteiger partial charge in [0.2, 0.25) is 0 Å². The molecular weight excluding hydrogens is 356 g/mol. The van der Waals surface area contributed by atoms with Crippen LogP contribution in [0.25, 0.3) is 5.52 Å². The maximum Gasteiger partial charge on any atom is 0.508 e. The number of ether oxygens (including phenoxy) is 3. The van der Waals surface area contributed by atoms with Gasteiger partial charge in [-0.25, -0.2) is 14.3 Å². The third kappa shape index (κ3) is 3.55. The second-order valence-electron chi connectivity index (χ2n) is 6.86. The zero-order valence-electron chi connectivity index (χ0n) is 15.4. The zero-order valence-corrected chi connectivity index (χ0v) is 15.4. The average molecular weight is 380 g/mol. The Balaban J connectivity index is 1.76. The van der Waals surface area contributed by atoms with E-state index in [0.717, 1.165) is 0 Å². The summed E-state index contributed by atoms with van der Waals surface area (Å²) in [6.07, 6.45) is -2.63. The summed E-state index contributed by atoms with van der Waals surface area (Å²) in [6, 6.07) is 3.38. The van der Waals surface area contributed by atoms with E-state index in [1.54, 1.807) is 26.0 Å². The minimum Gasteiger partial charge on any atom is -0.431 e. The quantitative estimate of drug-likeness (QED) is 0.642. The number of aliphatic hydroxyl groups is 2. The number of anilines is 1. The van der Waals surface area contributed by atoms with E-state index in [1.165, 1.54) is 10.8 Å². The minimum absolute atomic E-state index is 0.280. The van der Waals surface area contributed by atoms with Crippen LogP contribution in [0.2, 0.25) is 0 Å². The fraction of sp³-hybridized carbons (Fsp3) is 0.588. The fourth-order valence-corrected chi connectivity index (χ4v) is 2.98. The van der Waals surface area contributed by atoms with Crippen LogP contribution in [0, 0.1) is 0 Å². The number of nitrogens with zero attached hydrogens (tertiary/aromatic N) is 3. The molecule has 0 radical (unpaired) electrons. The standard InChI is InChI=1S/C17H24N4O6/c1-4-9(2)26-16(24)25-7-17(3)14(23)12(22)13(27-17)10-5-6-11-15(18)19-8-20-21(10)11/h5-6,8-9,12-14,22-23H,4,7H2,1-3H3,(H2,18,19,20)/t9-,12+,13+,14+,17-/m1/s1. The zero-order chi connectivity index (χ0) is 19.8. The second-order valence-corrected chi connectivity index (χ2v) is 6.86. The van der Waals surface area contributed by atoms with Crippen LogP contribution in [-0.2, 0) is 14.2 Å². The van der Waals surface area contributed by atoms with Crippen molar-refractivity contribution in [2.24, 2.45) is 0 Å². The highest BCUT2D eigenvalue weighted by atomic mass is 16.7. The first-order valence-corrected chi connectivity index (χ1v) is 8.72. The Morgan fingerprint density at radius 2 is 2.22 bits per heavy atom. The first-order chi connectivity index (χ1) is 12.8. The first kappa shape index (κ1) is 19.3. The highest BCUT2D eigenvalue weighted by Crippen LogP contribution is 2.40. The van der Waals surface area contributed by atoms with Crippen LogP contribution < -0.4 is 5.73 Å². The van der Waals surface area contributed by atoms with E-state index in [9.17, 15) is 15.0 Å². The normalized spacial score (nSPS) is 29.0. The molecule has 0 aromatic carbocycles. The highest BCUT2D eigenvalue weighted by molar-refractivity contribution is 5.65. The molecule has 4 N–H and O–H groups in total. The number of carbonyl (C=O) groups is 1. The Hall–Kier alpha value is -2.43. The van der Waals surface area contributed by atoms with Crippen molar-refractivity contribution >= 4 is 17.5 Å². The van der Waals surface area contributed by atoms with Crippen molar-refractivity contribution in [3.8, 4) is 0 Å². The number of aliphatic hydroxyl groups excluding tert-OH is 2. The van der Waals surface area contributed by atoms with Crippen molar-refractivity contribution in [3.63, 3.8) is 0 Å². The first-order valence-electron chi connectivity index (χ1n) is 8.72. The molecule has 1 saturated heterocycles. The summed E-state index contributed by atoms with van der Waals surface area (Å²) < 4.78 is 17.5. The van der Waals surface area contributed by atoms with E-state index < -0.39 is 30.1 Å². The molecule has 3 heterocycles. The average Bonchev–Trinajstić information content (AvgIpc) is 3.16. The van der Waals surface area contributed by atoms with Crippen LogP contribution in [0.5, 0.6) is 0 Å². The maximum absolute atomic E-state index is 11.7. The molecule has 0 bridgehead atoms. The monoisotopic (exact) mass is 380 g/mol. The SMILES string of the molecule is CC[C@@H](C)OC(=O)OC[C@@]1(C)O[C@@H](c2ccc3c(N)ncnn23)[C@H](O)[C@@H]1O. The molecule has 0 aliphatic carbocycles. The maximum atomic E-state index is 11.7. The molecule has 0 amide bonds. The van der Waals surface area contributed by atoms with Gasteiger partial charge in [0.05, 0.1) is 5.69 Å². The Kier molecular flexibility index (Phi) is 5.22. The summed E-state index contributed by atoms with van der Waals surface area (Å²) in [4.78, 5) is 15.7. The third-order valence-corrected chi connectivity index (χ3v) is 4.81. The Bertz CT molecular complexity index is 827. The summed E-state index contributed by atoms with van der Waals surface area (Å²) in [5.74, 6) is 0.281. The molecular formula is C17H24N4O6. The van der Waals surface area contributed by atoms with Gasteiger partial charge in [-0.15, -0.1) is 0 Å². The third-order valence-electron chi connectivity index (χ3n) is 4.81. The number of nitrogen functional groups attached to an aromatic ring is 1. The van der Waals surface area contributed by atoms with Gasteiger partial charge in [0.1, 0.15) is 48.5 Å². The number of nitrogens with two attached hydrogens (primary N) is 1. The van der Waals surface area contributed by atoms with Gasteiger partial charge in [0.25, 0.3) is 0 Å². The van der Waals surface area contributed by atoms with Crippen LogP contribution in [0.3, 0.4) is 0 Å². The summed E-state index contributed by atoms with van der Waals surface area (Å²) in [7, 11) is 0.